The summed E-state index contributed by atoms with van der Waals surface area (Å²) in [5.41, 5.74) is 3.02. The maximum atomic E-state index is 5.10. The summed E-state index contributed by atoms with van der Waals surface area (Å²) in [5, 5.41) is 10.4. The molecule has 2 heterocycles. The van der Waals surface area contributed by atoms with Gasteiger partial charge in [0.2, 0.25) is 5.95 Å². The molecule has 2 aromatic carbocycles. The van der Waals surface area contributed by atoms with E-state index in [1.165, 1.54) is 5.56 Å². The first kappa shape index (κ1) is 16.8. The molecular weight excluding hydrogens is 338 g/mol. The molecule has 6 heteroatoms. The zero-order chi connectivity index (χ0) is 18.5. The van der Waals surface area contributed by atoms with E-state index in [0.29, 0.717) is 18.3 Å². The molecule has 134 valence electrons. The zero-order valence-corrected chi connectivity index (χ0v) is 14.9. The van der Waals surface area contributed by atoms with Crippen molar-refractivity contribution in [1.29, 1.82) is 0 Å². The van der Waals surface area contributed by atoms with Crippen LogP contribution in [0, 0.1) is 6.92 Å². The van der Waals surface area contributed by atoms with Gasteiger partial charge >= 0.3 is 0 Å². The molecule has 4 aromatic rings. The van der Waals surface area contributed by atoms with E-state index in [1.54, 1.807) is 6.07 Å². The summed E-state index contributed by atoms with van der Waals surface area (Å²) in [7, 11) is 0. The maximum Gasteiger partial charge on any atom is 0.231 e. The standard InChI is InChI=1S/C21H19N5O/c1-15-12-20(26-27-15)25-21-23-18(17-10-6-3-7-11-17)13-19(24-21)22-14-16-8-4-2-5-9-16/h2-13H,14H2,1H3,(H2,22,23,24,25,26). The SMILES string of the molecule is Cc1cc(Nc2nc(NCc3ccccc3)cc(-c3ccccc3)n2)no1. The van der Waals surface area contributed by atoms with Crippen LogP contribution in [-0.2, 0) is 6.54 Å². The van der Waals surface area contributed by atoms with Crippen molar-refractivity contribution in [3.63, 3.8) is 0 Å². The van der Waals surface area contributed by atoms with E-state index in [1.807, 2.05) is 61.5 Å². The number of benzene rings is 2. The molecule has 0 amide bonds. The Morgan fingerprint density at radius 3 is 2.30 bits per heavy atom. The predicted octanol–water partition coefficient (Wildman–Crippen LogP) is 4.80. The summed E-state index contributed by atoms with van der Waals surface area (Å²) in [6.45, 7) is 2.51. The first-order valence-corrected chi connectivity index (χ1v) is 8.69. The van der Waals surface area contributed by atoms with E-state index in [9.17, 15) is 0 Å². The molecule has 4 rings (SSSR count). The van der Waals surface area contributed by atoms with Crippen LogP contribution in [0.25, 0.3) is 11.3 Å². The highest BCUT2D eigenvalue weighted by atomic mass is 16.5. The summed E-state index contributed by atoms with van der Waals surface area (Å²) < 4.78 is 5.10. The zero-order valence-electron chi connectivity index (χ0n) is 14.9. The lowest BCUT2D eigenvalue weighted by Crippen LogP contribution is -2.05. The van der Waals surface area contributed by atoms with Crippen LogP contribution in [0.4, 0.5) is 17.6 Å². The van der Waals surface area contributed by atoms with Gasteiger partial charge in [-0.3, -0.25) is 0 Å². The van der Waals surface area contributed by atoms with Crippen LogP contribution >= 0.6 is 0 Å². The lowest BCUT2D eigenvalue weighted by Gasteiger charge is -2.10. The van der Waals surface area contributed by atoms with Crippen molar-refractivity contribution >= 4 is 17.6 Å². The van der Waals surface area contributed by atoms with Gasteiger partial charge < -0.3 is 15.2 Å². The number of aryl methyl sites for hydroxylation is 1. The first-order valence-electron chi connectivity index (χ1n) is 8.69. The predicted molar refractivity (Wildman–Crippen MR) is 106 cm³/mol. The molecule has 0 atom stereocenters. The molecular formula is C21H19N5O. The quantitative estimate of drug-likeness (QED) is 0.516. The van der Waals surface area contributed by atoms with Gasteiger partial charge in [0.15, 0.2) is 5.82 Å². The number of aromatic nitrogens is 3. The average molecular weight is 357 g/mol. The molecule has 0 fully saturated rings. The average Bonchev–Trinajstić information content (AvgIpc) is 3.12. The van der Waals surface area contributed by atoms with Crippen LogP contribution < -0.4 is 10.6 Å². The number of nitrogens with zero attached hydrogens (tertiary/aromatic N) is 3. The van der Waals surface area contributed by atoms with Gasteiger partial charge in [0.1, 0.15) is 11.6 Å². The molecule has 0 unspecified atom stereocenters. The molecule has 0 radical (unpaired) electrons. The summed E-state index contributed by atoms with van der Waals surface area (Å²) in [4.78, 5) is 9.18. The molecule has 0 bridgehead atoms. The minimum atomic E-state index is 0.459. The Labute approximate surface area is 157 Å². The first-order chi connectivity index (χ1) is 13.3. The molecule has 0 spiro atoms. The second kappa shape index (κ2) is 7.70. The van der Waals surface area contributed by atoms with Crippen molar-refractivity contribution in [2.24, 2.45) is 0 Å². The van der Waals surface area contributed by atoms with E-state index < -0.39 is 0 Å². The molecule has 0 aliphatic rings. The van der Waals surface area contributed by atoms with E-state index in [0.717, 1.165) is 22.8 Å². The number of anilines is 3. The third kappa shape index (κ3) is 4.30. The highest BCUT2D eigenvalue weighted by Crippen LogP contribution is 2.23. The Balaban J connectivity index is 1.63. The van der Waals surface area contributed by atoms with Crippen LogP contribution in [0.5, 0.6) is 0 Å². The maximum absolute atomic E-state index is 5.10. The van der Waals surface area contributed by atoms with Crippen molar-refractivity contribution in [2.45, 2.75) is 13.5 Å². The van der Waals surface area contributed by atoms with Crippen molar-refractivity contribution in [2.75, 3.05) is 10.6 Å². The van der Waals surface area contributed by atoms with Crippen LogP contribution in [0.1, 0.15) is 11.3 Å². The Bertz CT molecular complexity index is 1020. The van der Waals surface area contributed by atoms with Crippen molar-refractivity contribution in [3.05, 3.63) is 84.1 Å². The van der Waals surface area contributed by atoms with E-state index in [2.05, 4.69) is 37.9 Å². The molecule has 2 aromatic heterocycles. The number of hydrogen-bond acceptors (Lipinski definition) is 6. The molecule has 6 nitrogen and oxygen atoms in total. The second-order valence-electron chi connectivity index (χ2n) is 6.12. The van der Waals surface area contributed by atoms with Gasteiger partial charge in [-0.15, -0.1) is 0 Å². The lowest BCUT2D eigenvalue weighted by molar-refractivity contribution is 0.400. The largest absolute Gasteiger partial charge is 0.366 e. The van der Waals surface area contributed by atoms with Gasteiger partial charge in [0.25, 0.3) is 0 Å². The normalized spacial score (nSPS) is 10.6. The van der Waals surface area contributed by atoms with Crippen molar-refractivity contribution in [3.8, 4) is 11.3 Å². The number of hydrogen-bond donors (Lipinski definition) is 2. The minimum Gasteiger partial charge on any atom is -0.366 e. The monoisotopic (exact) mass is 357 g/mol. The van der Waals surface area contributed by atoms with Crippen molar-refractivity contribution in [1.82, 2.24) is 15.1 Å². The van der Waals surface area contributed by atoms with Gasteiger partial charge in [-0.1, -0.05) is 65.8 Å². The fourth-order valence-electron chi connectivity index (χ4n) is 2.68. The van der Waals surface area contributed by atoms with E-state index in [4.69, 9.17) is 4.52 Å². The van der Waals surface area contributed by atoms with E-state index >= 15 is 0 Å². The Hall–Kier alpha value is -3.67. The van der Waals surface area contributed by atoms with Gasteiger partial charge in [-0.2, -0.15) is 4.98 Å². The van der Waals surface area contributed by atoms with Crippen LogP contribution in [-0.4, -0.2) is 15.1 Å². The highest BCUT2D eigenvalue weighted by Gasteiger charge is 2.09. The third-order valence-electron chi connectivity index (χ3n) is 3.98. The van der Waals surface area contributed by atoms with Crippen LogP contribution in [0.2, 0.25) is 0 Å². The topological polar surface area (TPSA) is 75.9 Å². The fraction of sp³-hybridized carbons (Fsp3) is 0.0952. The van der Waals surface area contributed by atoms with Crippen LogP contribution in [0.15, 0.2) is 77.3 Å². The van der Waals surface area contributed by atoms with Crippen LogP contribution in [0.3, 0.4) is 0 Å². The summed E-state index contributed by atoms with van der Waals surface area (Å²) in [6.07, 6.45) is 0. The lowest BCUT2D eigenvalue weighted by atomic mass is 10.1. The Morgan fingerprint density at radius 2 is 1.59 bits per heavy atom. The molecule has 0 saturated heterocycles. The third-order valence-corrected chi connectivity index (χ3v) is 3.98. The molecule has 27 heavy (non-hydrogen) atoms. The van der Waals surface area contributed by atoms with Gasteiger partial charge in [0.05, 0.1) is 5.69 Å². The number of rotatable bonds is 6. The second-order valence-corrected chi connectivity index (χ2v) is 6.12. The molecule has 2 N–H and O–H groups in total. The van der Waals surface area contributed by atoms with Crippen molar-refractivity contribution < 1.29 is 4.52 Å². The minimum absolute atomic E-state index is 0.459. The molecule has 0 aliphatic heterocycles. The molecule has 0 saturated carbocycles. The van der Waals surface area contributed by atoms with E-state index in [-0.39, 0.29) is 0 Å². The van der Waals surface area contributed by atoms with Gasteiger partial charge in [0, 0.05) is 24.2 Å². The van der Waals surface area contributed by atoms with Gasteiger partial charge in [-0.25, -0.2) is 4.98 Å². The molecule has 0 aliphatic carbocycles. The Kier molecular flexibility index (Phi) is 4.78. The summed E-state index contributed by atoms with van der Waals surface area (Å²) >= 11 is 0. The fourth-order valence-corrected chi connectivity index (χ4v) is 2.68. The summed E-state index contributed by atoms with van der Waals surface area (Å²) in [5.74, 6) is 2.49. The number of nitrogens with one attached hydrogen (secondary N) is 2. The smallest absolute Gasteiger partial charge is 0.231 e. The highest BCUT2D eigenvalue weighted by molar-refractivity contribution is 5.65. The van der Waals surface area contributed by atoms with Gasteiger partial charge in [-0.05, 0) is 12.5 Å². The summed E-state index contributed by atoms with van der Waals surface area (Å²) in [6, 6.07) is 23.9. The Morgan fingerprint density at radius 1 is 0.852 bits per heavy atom.